The van der Waals surface area contributed by atoms with E-state index in [1.807, 2.05) is 0 Å². The SMILES string of the molecule is Cc1nc2ccc3c(c2o1)S(=O)(=O)CCC3=O. The highest BCUT2D eigenvalue weighted by Gasteiger charge is 2.32. The number of carbonyl (C=O) groups is 1. The third-order valence-corrected chi connectivity index (χ3v) is 4.60. The maximum absolute atomic E-state index is 12.0. The van der Waals surface area contributed by atoms with Crippen LogP contribution >= 0.6 is 0 Å². The number of hydrogen-bond donors (Lipinski definition) is 0. The van der Waals surface area contributed by atoms with Crippen LogP contribution in [0.15, 0.2) is 21.4 Å². The number of carbonyl (C=O) groups excluding carboxylic acids is 1. The van der Waals surface area contributed by atoms with Crippen LogP contribution in [0.2, 0.25) is 0 Å². The Morgan fingerprint density at radius 3 is 2.88 bits per heavy atom. The molecule has 0 aliphatic carbocycles. The van der Waals surface area contributed by atoms with Gasteiger partial charge in [0, 0.05) is 18.9 Å². The molecule has 0 amide bonds. The van der Waals surface area contributed by atoms with Gasteiger partial charge < -0.3 is 4.42 Å². The summed E-state index contributed by atoms with van der Waals surface area (Å²) in [6, 6.07) is 3.13. The van der Waals surface area contributed by atoms with Crippen molar-refractivity contribution in [1.82, 2.24) is 4.98 Å². The van der Waals surface area contributed by atoms with Crippen molar-refractivity contribution >= 4 is 26.7 Å². The van der Waals surface area contributed by atoms with Crippen molar-refractivity contribution in [2.75, 3.05) is 5.75 Å². The Hall–Kier alpha value is -1.69. The van der Waals surface area contributed by atoms with E-state index in [4.69, 9.17) is 4.42 Å². The molecule has 0 radical (unpaired) electrons. The van der Waals surface area contributed by atoms with Gasteiger partial charge in [-0.2, -0.15) is 0 Å². The van der Waals surface area contributed by atoms with E-state index < -0.39 is 9.84 Å². The van der Waals surface area contributed by atoms with E-state index in [0.717, 1.165) is 0 Å². The number of oxazole rings is 1. The molecule has 0 N–H and O–H groups in total. The van der Waals surface area contributed by atoms with Crippen molar-refractivity contribution in [3.63, 3.8) is 0 Å². The number of sulfone groups is 1. The fraction of sp³-hybridized carbons (Fsp3) is 0.273. The predicted molar refractivity (Wildman–Crippen MR) is 59.7 cm³/mol. The van der Waals surface area contributed by atoms with Crippen molar-refractivity contribution in [2.24, 2.45) is 0 Å². The highest BCUT2D eigenvalue weighted by Crippen LogP contribution is 2.32. The summed E-state index contributed by atoms with van der Waals surface area (Å²) in [5, 5.41) is 0. The topological polar surface area (TPSA) is 77.2 Å². The normalized spacial score (nSPS) is 18.3. The van der Waals surface area contributed by atoms with Crippen molar-refractivity contribution in [2.45, 2.75) is 18.2 Å². The zero-order valence-corrected chi connectivity index (χ0v) is 9.87. The Balaban J connectivity index is 2.52. The van der Waals surface area contributed by atoms with Gasteiger partial charge in [0.2, 0.25) is 0 Å². The van der Waals surface area contributed by atoms with Gasteiger partial charge in [0.25, 0.3) is 0 Å². The fourth-order valence-corrected chi connectivity index (χ4v) is 3.68. The minimum Gasteiger partial charge on any atom is -0.440 e. The summed E-state index contributed by atoms with van der Waals surface area (Å²) in [5.74, 6) is 0.0740. The van der Waals surface area contributed by atoms with Crippen LogP contribution in [0, 0.1) is 6.92 Å². The van der Waals surface area contributed by atoms with Gasteiger partial charge in [-0.15, -0.1) is 0 Å². The zero-order valence-electron chi connectivity index (χ0n) is 9.06. The Morgan fingerprint density at radius 1 is 1.35 bits per heavy atom. The highest BCUT2D eigenvalue weighted by molar-refractivity contribution is 7.91. The zero-order chi connectivity index (χ0) is 12.2. The van der Waals surface area contributed by atoms with Gasteiger partial charge in [0.1, 0.15) is 10.4 Å². The summed E-state index contributed by atoms with van der Waals surface area (Å²) in [4.78, 5) is 15.8. The fourth-order valence-electron chi connectivity index (χ4n) is 2.07. The molecule has 2 aromatic rings. The molecule has 3 rings (SSSR count). The molecule has 0 spiro atoms. The Morgan fingerprint density at radius 2 is 2.12 bits per heavy atom. The standard InChI is InChI=1S/C11H9NO4S/c1-6-12-8-3-2-7-9(13)4-5-17(14,15)11(7)10(8)16-6/h2-3H,4-5H2,1H3. The molecule has 0 saturated carbocycles. The summed E-state index contributed by atoms with van der Waals surface area (Å²) in [6.07, 6.45) is 0.0357. The van der Waals surface area contributed by atoms with Gasteiger partial charge >= 0.3 is 0 Å². The second-order valence-electron chi connectivity index (χ2n) is 4.02. The van der Waals surface area contributed by atoms with Crippen molar-refractivity contribution in [1.29, 1.82) is 0 Å². The smallest absolute Gasteiger partial charge is 0.192 e. The van der Waals surface area contributed by atoms with Gasteiger partial charge in [0.05, 0.1) is 5.75 Å². The molecule has 0 bridgehead atoms. The summed E-state index contributed by atoms with van der Waals surface area (Å²) in [6.45, 7) is 1.64. The summed E-state index contributed by atoms with van der Waals surface area (Å²) in [5.41, 5.74) is 0.896. The average molecular weight is 251 g/mol. The number of fused-ring (bicyclic) bond motifs is 3. The first-order valence-corrected chi connectivity index (χ1v) is 6.80. The van der Waals surface area contributed by atoms with E-state index in [2.05, 4.69) is 4.98 Å². The van der Waals surface area contributed by atoms with Gasteiger partial charge in [-0.05, 0) is 12.1 Å². The van der Waals surface area contributed by atoms with Crippen molar-refractivity contribution in [3.05, 3.63) is 23.6 Å². The lowest BCUT2D eigenvalue weighted by atomic mass is 10.1. The molecule has 1 aliphatic heterocycles. The molecule has 17 heavy (non-hydrogen) atoms. The minimum atomic E-state index is -3.44. The predicted octanol–water partition coefficient (Wildman–Crippen LogP) is 1.50. The van der Waals surface area contributed by atoms with Crippen LogP contribution in [0.25, 0.3) is 11.1 Å². The van der Waals surface area contributed by atoms with Crippen LogP contribution in [-0.4, -0.2) is 24.9 Å². The number of hydrogen-bond acceptors (Lipinski definition) is 5. The van der Waals surface area contributed by atoms with E-state index in [9.17, 15) is 13.2 Å². The van der Waals surface area contributed by atoms with Gasteiger partial charge in [-0.25, -0.2) is 13.4 Å². The van der Waals surface area contributed by atoms with Crippen LogP contribution in [0.3, 0.4) is 0 Å². The van der Waals surface area contributed by atoms with Crippen LogP contribution < -0.4 is 0 Å². The molecule has 2 heterocycles. The third-order valence-electron chi connectivity index (χ3n) is 2.83. The van der Waals surface area contributed by atoms with E-state index in [-0.39, 0.29) is 34.0 Å². The molecule has 6 heteroatoms. The number of nitrogens with zero attached hydrogens (tertiary/aromatic N) is 1. The number of aromatic nitrogens is 1. The van der Waals surface area contributed by atoms with E-state index in [0.29, 0.717) is 11.4 Å². The second-order valence-corrected chi connectivity index (χ2v) is 6.06. The van der Waals surface area contributed by atoms with Crippen LogP contribution in [0.4, 0.5) is 0 Å². The van der Waals surface area contributed by atoms with Crippen LogP contribution in [0.5, 0.6) is 0 Å². The first-order chi connectivity index (χ1) is 7.99. The van der Waals surface area contributed by atoms with Gasteiger partial charge in [-0.1, -0.05) is 0 Å². The lowest BCUT2D eigenvalue weighted by Gasteiger charge is -2.14. The molecule has 0 saturated heterocycles. The summed E-state index contributed by atoms with van der Waals surface area (Å²) >= 11 is 0. The number of ketones is 1. The third kappa shape index (κ3) is 1.40. The molecular formula is C11H9NO4S. The molecule has 5 nitrogen and oxygen atoms in total. The maximum Gasteiger partial charge on any atom is 0.192 e. The Labute approximate surface area is 97.4 Å². The average Bonchev–Trinajstić information content (AvgIpc) is 2.63. The molecule has 88 valence electrons. The van der Waals surface area contributed by atoms with Gasteiger partial charge in [0.15, 0.2) is 27.1 Å². The van der Waals surface area contributed by atoms with Crippen molar-refractivity contribution < 1.29 is 17.6 Å². The first-order valence-electron chi connectivity index (χ1n) is 5.15. The minimum absolute atomic E-state index is 0.00634. The van der Waals surface area contributed by atoms with E-state index in [1.165, 1.54) is 6.07 Å². The van der Waals surface area contributed by atoms with Crippen LogP contribution in [-0.2, 0) is 9.84 Å². The molecule has 1 aliphatic rings. The second kappa shape index (κ2) is 3.16. The molecular weight excluding hydrogens is 242 g/mol. The molecule has 1 aromatic carbocycles. The number of aryl methyl sites for hydroxylation is 1. The molecule has 0 atom stereocenters. The quantitative estimate of drug-likeness (QED) is 0.709. The highest BCUT2D eigenvalue weighted by atomic mass is 32.2. The van der Waals surface area contributed by atoms with Crippen LogP contribution in [0.1, 0.15) is 22.7 Å². The lowest BCUT2D eigenvalue weighted by molar-refractivity contribution is 0.0983. The lowest BCUT2D eigenvalue weighted by Crippen LogP contribution is -2.21. The molecule has 0 unspecified atom stereocenters. The van der Waals surface area contributed by atoms with Gasteiger partial charge in [-0.3, -0.25) is 4.79 Å². The number of Topliss-reactive ketones (excluding diaryl/α,β-unsaturated/α-hetero) is 1. The number of benzene rings is 1. The monoisotopic (exact) mass is 251 g/mol. The maximum atomic E-state index is 12.0. The molecule has 1 aromatic heterocycles. The Kier molecular flexibility index (Phi) is 1.95. The molecule has 0 fully saturated rings. The van der Waals surface area contributed by atoms with E-state index >= 15 is 0 Å². The van der Waals surface area contributed by atoms with Crippen molar-refractivity contribution in [3.8, 4) is 0 Å². The first kappa shape index (κ1) is 10.5. The summed E-state index contributed by atoms with van der Waals surface area (Å²) < 4.78 is 29.3. The summed E-state index contributed by atoms with van der Waals surface area (Å²) in [7, 11) is -3.44. The Bertz CT molecular complexity index is 742. The largest absolute Gasteiger partial charge is 0.440 e. The van der Waals surface area contributed by atoms with E-state index in [1.54, 1.807) is 13.0 Å². The number of rotatable bonds is 0.